The molecule has 1 nitrogen and oxygen atoms in total. The first-order chi connectivity index (χ1) is 26.1. The molecule has 3 heteroatoms. The Balaban J connectivity index is 1.17. The van der Waals surface area contributed by atoms with Crippen LogP contribution in [0, 0.1) is 0 Å². The van der Waals surface area contributed by atoms with Crippen molar-refractivity contribution in [1.82, 2.24) is 0 Å². The number of hydrogen-bond acceptors (Lipinski definition) is 3. The molecule has 0 saturated carbocycles. The Morgan fingerprint density at radius 3 is 1.87 bits per heavy atom. The maximum absolute atomic E-state index is 2.57. The highest BCUT2D eigenvalue weighted by Crippen LogP contribution is 2.63. The zero-order chi connectivity index (χ0) is 35.1. The third kappa shape index (κ3) is 4.41. The maximum atomic E-state index is 2.57. The van der Waals surface area contributed by atoms with E-state index < -0.39 is 5.41 Å². The van der Waals surface area contributed by atoms with Gasteiger partial charge in [-0.25, -0.2) is 0 Å². The van der Waals surface area contributed by atoms with Crippen molar-refractivity contribution in [3.8, 4) is 22.3 Å². The Morgan fingerprint density at radius 2 is 1.09 bits per heavy atom. The summed E-state index contributed by atoms with van der Waals surface area (Å²) in [4.78, 5) is 7.83. The molecule has 3 heterocycles. The van der Waals surface area contributed by atoms with Crippen LogP contribution in [0.25, 0.3) is 22.3 Å². The molecule has 3 unspecified atom stereocenters. The molecule has 0 saturated heterocycles. The number of para-hydroxylation sites is 2. The van der Waals surface area contributed by atoms with Crippen molar-refractivity contribution in [2.24, 2.45) is 0 Å². The van der Waals surface area contributed by atoms with Crippen molar-refractivity contribution in [3.05, 3.63) is 216 Å². The van der Waals surface area contributed by atoms with E-state index >= 15 is 0 Å². The summed E-state index contributed by atoms with van der Waals surface area (Å²) < 4.78 is 0. The average molecular weight is 714 g/mol. The number of benzene rings is 7. The van der Waals surface area contributed by atoms with Crippen LogP contribution in [0.1, 0.15) is 34.7 Å². The molecule has 53 heavy (non-hydrogen) atoms. The van der Waals surface area contributed by atoms with Gasteiger partial charge in [0.2, 0.25) is 0 Å². The zero-order valence-electron chi connectivity index (χ0n) is 29.2. The van der Waals surface area contributed by atoms with Crippen molar-refractivity contribution < 1.29 is 0 Å². The highest BCUT2D eigenvalue weighted by Gasteiger charge is 2.50. The molecule has 1 spiro atoms. The third-order valence-corrected chi connectivity index (χ3v) is 14.1. The summed E-state index contributed by atoms with van der Waals surface area (Å²) in [6, 6.07) is 61.5. The maximum Gasteiger partial charge on any atom is 0.0745 e. The van der Waals surface area contributed by atoms with Gasteiger partial charge >= 0.3 is 0 Å². The quantitative estimate of drug-likeness (QED) is 0.179. The Hall–Kier alpha value is -5.48. The number of nitrogens with zero attached hydrogens (tertiary/aromatic N) is 1. The van der Waals surface area contributed by atoms with Gasteiger partial charge in [0.05, 0.1) is 17.1 Å². The second-order valence-corrected chi connectivity index (χ2v) is 16.8. The molecular formula is C50H35NS2. The summed E-state index contributed by atoms with van der Waals surface area (Å²) in [7, 11) is 0. The Labute approximate surface area is 319 Å². The summed E-state index contributed by atoms with van der Waals surface area (Å²) in [6.07, 6.45) is 9.20. The lowest BCUT2D eigenvalue weighted by Crippen LogP contribution is -2.39. The van der Waals surface area contributed by atoms with Gasteiger partial charge < -0.3 is 4.90 Å². The SMILES string of the molecule is CC12C=CC=CC1N(c1ccccc1)c1c(-c3ccc4c(c3)Sc3ccccc3C43c4ccccc4Sc4ccc(-c5ccccc5)cc43)cccc12. The van der Waals surface area contributed by atoms with Crippen LogP contribution in [-0.4, -0.2) is 6.04 Å². The molecule has 4 aliphatic rings. The first kappa shape index (κ1) is 31.1. The van der Waals surface area contributed by atoms with Crippen LogP contribution in [0.3, 0.4) is 0 Å². The lowest BCUT2D eigenvalue weighted by Gasteiger charge is -2.45. The van der Waals surface area contributed by atoms with Crippen LogP contribution in [0.2, 0.25) is 0 Å². The van der Waals surface area contributed by atoms with Crippen molar-refractivity contribution in [2.75, 3.05) is 4.90 Å². The molecule has 1 aliphatic carbocycles. The van der Waals surface area contributed by atoms with E-state index in [1.54, 1.807) is 0 Å². The first-order valence-electron chi connectivity index (χ1n) is 18.4. The van der Waals surface area contributed by atoms with Crippen molar-refractivity contribution in [3.63, 3.8) is 0 Å². The van der Waals surface area contributed by atoms with E-state index in [0.29, 0.717) is 0 Å². The van der Waals surface area contributed by atoms with Crippen LogP contribution < -0.4 is 4.90 Å². The van der Waals surface area contributed by atoms with Gasteiger partial charge in [-0.2, -0.15) is 0 Å². The van der Waals surface area contributed by atoms with Gasteiger partial charge in [-0.05, 0) is 93.9 Å². The lowest BCUT2D eigenvalue weighted by molar-refractivity contribution is 0.551. The number of allylic oxidation sites excluding steroid dienone is 2. The number of hydrogen-bond donors (Lipinski definition) is 0. The normalized spacial score (nSPS) is 21.3. The first-order valence-corrected chi connectivity index (χ1v) is 20.0. The molecule has 252 valence electrons. The minimum Gasteiger partial charge on any atom is -0.333 e. The van der Waals surface area contributed by atoms with E-state index in [1.165, 1.54) is 81.0 Å². The van der Waals surface area contributed by atoms with Crippen molar-refractivity contribution in [2.45, 2.75) is 43.4 Å². The molecule has 0 bridgehead atoms. The van der Waals surface area contributed by atoms with Gasteiger partial charge in [-0.3, -0.25) is 0 Å². The van der Waals surface area contributed by atoms with E-state index in [0.717, 1.165) is 0 Å². The Bertz CT molecular complexity index is 2650. The summed E-state index contributed by atoms with van der Waals surface area (Å²) in [6.45, 7) is 2.40. The van der Waals surface area contributed by atoms with Crippen LogP contribution in [-0.2, 0) is 10.8 Å². The minimum absolute atomic E-state index is 0.133. The second kappa shape index (κ2) is 11.8. The van der Waals surface area contributed by atoms with Gasteiger partial charge in [0.25, 0.3) is 0 Å². The van der Waals surface area contributed by atoms with Crippen LogP contribution in [0.15, 0.2) is 208 Å². The largest absolute Gasteiger partial charge is 0.333 e. The van der Waals surface area contributed by atoms with E-state index in [9.17, 15) is 0 Å². The summed E-state index contributed by atoms with van der Waals surface area (Å²) in [5, 5.41) is 0. The monoisotopic (exact) mass is 713 g/mol. The lowest BCUT2D eigenvalue weighted by atomic mass is 9.64. The average Bonchev–Trinajstić information content (AvgIpc) is 3.49. The Kier molecular flexibility index (Phi) is 6.90. The van der Waals surface area contributed by atoms with E-state index in [-0.39, 0.29) is 11.5 Å². The molecule has 3 atom stereocenters. The molecule has 7 aromatic rings. The molecule has 7 aromatic carbocycles. The highest BCUT2D eigenvalue weighted by atomic mass is 32.2. The van der Waals surface area contributed by atoms with E-state index in [4.69, 9.17) is 0 Å². The molecule has 0 N–H and O–H groups in total. The predicted octanol–water partition coefficient (Wildman–Crippen LogP) is 13.2. The number of rotatable bonds is 3. The van der Waals surface area contributed by atoms with Gasteiger partial charge in [0, 0.05) is 36.2 Å². The van der Waals surface area contributed by atoms with E-state index in [1.807, 2.05) is 23.5 Å². The smallest absolute Gasteiger partial charge is 0.0745 e. The van der Waals surface area contributed by atoms with E-state index in [2.05, 4.69) is 200 Å². The fraction of sp³-hybridized carbons (Fsp3) is 0.0800. The van der Waals surface area contributed by atoms with Gasteiger partial charge in [0.1, 0.15) is 0 Å². The minimum atomic E-state index is -0.468. The fourth-order valence-corrected chi connectivity index (χ4v) is 11.9. The molecule has 0 aromatic heterocycles. The van der Waals surface area contributed by atoms with Crippen molar-refractivity contribution >= 4 is 34.9 Å². The fourth-order valence-electron chi connectivity index (χ4n) is 9.46. The molecule has 11 rings (SSSR count). The van der Waals surface area contributed by atoms with Gasteiger partial charge in [-0.1, -0.05) is 169 Å². The molecule has 0 amide bonds. The summed E-state index contributed by atoms with van der Waals surface area (Å²) in [5.74, 6) is 0. The van der Waals surface area contributed by atoms with Crippen LogP contribution >= 0.6 is 23.5 Å². The molecule has 3 aliphatic heterocycles. The molecular weight excluding hydrogens is 679 g/mol. The van der Waals surface area contributed by atoms with Gasteiger partial charge in [-0.15, -0.1) is 0 Å². The Morgan fingerprint density at radius 1 is 0.472 bits per heavy atom. The molecule has 0 fully saturated rings. The summed E-state index contributed by atoms with van der Waals surface area (Å²) >= 11 is 3.82. The van der Waals surface area contributed by atoms with Gasteiger partial charge in [0.15, 0.2) is 0 Å². The summed E-state index contributed by atoms with van der Waals surface area (Å²) in [5.41, 5.74) is 13.7. The zero-order valence-corrected chi connectivity index (χ0v) is 30.9. The van der Waals surface area contributed by atoms with Crippen LogP contribution in [0.5, 0.6) is 0 Å². The van der Waals surface area contributed by atoms with Crippen LogP contribution in [0.4, 0.5) is 11.4 Å². The third-order valence-electron chi connectivity index (χ3n) is 11.8. The second-order valence-electron chi connectivity index (χ2n) is 14.6. The highest BCUT2D eigenvalue weighted by molar-refractivity contribution is 8.00. The molecule has 0 radical (unpaired) electrons. The standard InChI is InChI=1S/C50H35NS2/c1-49-30-13-12-25-47(49)51(36-17-6-3-7-18-36)48-37(19-14-22-41(48)49)35-26-28-40-46(32-35)53-44-24-11-9-21-39(44)50(40)38-20-8-10-23-43(38)52-45-29-27-34(31-42(45)50)33-15-4-2-5-16-33/h2-32,47H,1H3. The van der Waals surface area contributed by atoms with Crippen molar-refractivity contribution in [1.29, 1.82) is 0 Å². The topological polar surface area (TPSA) is 3.24 Å². The predicted molar refractivity (Wildman–Crippen MR) is 222 cm³/mol. The number of fused-ring (bicyclic) bond motifs is 11. The number of anilines is 2.